The highest BCUT2D eigenvalue weighted by atomic mass is 35.5. The second-order valence-corrected chi connectivity index (χ2v) is 11.2. The zero-order valence-corrected chi connectivity index (χ0v) is 22.5. The summed E-state index contributed by atoms with van der Waals surface area (Å²) >= 11 is 18.5. The van der Waals surface area contributed by atoms with Crippen LogP contribution in [-0.4, -0.2) is 55.1 Å². The Morgan fingerprint density at radius 3 is 2.09 bits per heavy atom. The molecule has 0 aromatic heterocycles. The SMILES string of the molecule is CC[C@@H](C)NC(=O)[C@@H](C)N(Cc1c(Cl)cccc1Cl)C(=O)CN(C)S(=O)(=O)c1ccc(Cl)cc1. The van der Waals surface area contributed by atoms with Gasteiger partial charge in [-0.05, 0) is 56.7 Å². The largest absolute Gasteiger partial charge is 0.352 e. The molecule has 7 nitrogen and oxygen atoms in total. The first-order valence-electron chi connectivity index (χ1n) is 10.6. The number of sulfonamides is 1. The molecular weight excluding hydrogens is 521 g/mol. The Bertz CT molecular complexity index is 1110. The van der Waals surface area contributed by atoms with Crippen molar-refractivity contribution in [1.29, 1.82) is 0 Å². The van der Waals surface area contributed by atoms with E-state index in [4.69, 9.17) is 34.8 Å². The lowest BCUT2D eigenvalue weighted by Gasteiger charge is -2.31. The number of halogens is 3. The predicted octanol–water partition coefficient (Wildman–Crippen LogP) is 4.60. The van der Waals surface area contributed by atoms with Crippen LogP contribution in [0.3, 0.4) is 0 Å². The van der Waals surface area contributed by atoms with Crippen LogP contribution in [0, 0.1) is 0 Å². The van der Waals surface area contributed by atoms with Gasteiger partial charge in [0.1, 0.15) is 6.04 Å². The molecule has 2 amide bonds. The molecule has 0 radical (unpaired) electrons. The molecule has 0 aliphatic carbocycles. The lowest BCUT2D eigenvalue weighted by Crippen LogP contribution is -2.52. The molecule has 0 aliphatic rings. The van der Waals surface area contributed by atoms with E-state index in [9.17, 15) is 18.0 Å². The van der Waals surface area contributed by atoms with Crippen molar-refractivity contribution >= 4 is 56.6 Å². The summed E-state index contributed by atoms with van der Waals surface area (Å²) in [5, 5.41) is 3.91. The first kappa shape index (κ1) is 28.4. The number of hydrogen-bond donors (Lipinski definition) is 1. The second-order valence-electron chi connectivity index (χ2n) is 7.93. The summed E-state index contributed by atoms with van der Waals surface area (Å²) < 4.78 is 26.8. The topological polar surface area (TPSA) is 86.8 Å². The number of likely N-dealkylation sites (N-methyl/N-ethyl adjacent to an activating group) is 1. The summed E-state index contributed by atoms with van der Waals surface area (Å²) in [5.74, 6) is -0.947. The van der Waals surface area contributed by atoms with Crippen LogP contribution in [0.2, 0.25) is 15.1 Å². The average Bonchev–Trinajstić information content (AvgIpc) is 2.78. The molecule has 1 N–H and O–H groups in total. The number of nitrogens with zero attached hydrogens (tertiary/aromatic N) is 2. The van der Waals surface area contributed by atoms with Crippen molar-refractivity contribution in [2.24, 2.45) is 0 Å². The molecule has 0 bridgehead atoms. The minimum absolute atomic E-state index is 0.00420. The number of carbonyl (C=O) groups is 2. The van der Waals surface area contributed by atoms with E-state index in [1.54, 1.807) is 25.1 Å². The smallest absolute Gasteiger partial charge is 0.243 e. The standard InChI is InChI=1S/C23H28Cl3N3O4S/c1-5-15(2)27-23(31)16(3)29(13-19-20(25)7-6-8-21(19)26)22(30)14-28(4)34(32,33)18-11-9-17(24)10-12-18/h6-12,15-16H,5,13-14H2,1-4H3,(H,27,31)/t15-,16-/m1/s1. The van der Waals surface area contributed by atoms with Crippen LogP contribution < -0.4 is 5.32 Å². The molecule has 0 fully saturated rings. The predicted molar refractivity (Wildman–Crippen MR) is 136 cm³/mol. The number of hydrogen-bond acceptors (Lipinski definition) is 4. The molecule has 186 valence electrons. The number of carbonyl (C=O) groups excluding carboxylic acids is 2. The fraction of sp³-hybridized carbons (Fsp3) is 0.391. The molecule has 0 saturated carbocycles. The Morgan fingerprint density at radius 2 is 1.56 bits per heavy atom. The highest BCUT2D eigenvalue weighted by molar-refractivity contribution is 7.89. The summed E-state index contributed by atoms with van der Waals surface area (Å²) in [6.07, 6.45) is 0.713. The van der Waals surface area contributed by atoms with Crippen LogP contribution in [0.15, 0.2) is 47.4 Å². The van der Waals surface area contributed by atoms with Gasteiger partial charge in [0.15, 0.2) is 0 Å². The molecule has 2 aromatic rings. The highest BCUT2D eigenvalue weighted by Gasteiger charge is 2.31. The van der Waals surface area contributed by atoms with Crippen molar-refractivity contribution in [3.63, 3.8) is 0 Å². The van der Waals surface area contributed by atoms with Gasteiger partial charge in [-0.25, -0.2) is 8.42 Å². The monoisotopic (exact) mass is 547 g/mol. The molecule has 2 atom stereocenters. The maximum Gasteiger partial charge on any atom is 0.243 e. The Morgan fingerprint density at radius 1 is 1.00 bits per heavy atom. The lowest BCUT2D eigenvalue weighted by atomic mass is 10.1. The molecule has 0 heterocycles. The van der Waals surface area contributed by atoms with Crippen LogP contribution in [-0.2, 0) is 26.2 Å². The number of amides is 2. The molecule has 34 heavy (non-hydrogen) atoms. The molecular formula is C23H28Cl3N3O4S. The summed E-state index contributed by atoms with van der Waals surface area (Å²) in [6.45, 7) is 4.80. The molecule has 0 spiro atoms. The number of rotatable bonds is 10. The minimum Gasteiger partial charge on any atom is -0.352 e. The zero-order chi connectivity index (χ0) is 25.6. The van der Waals surface area contributed by atoms with Crippen molar-refractivity contribution in [2.45, 2.75) is 50.7 Å². The maximum atomic E-state index is 13.3. The van der Waals surface area contributed by atoms with Crippen molar-refractivity contribution in [3.8, 4) is 0 Å². The van der Waals surface area contributed by atoms with Crippen molar-refractivity contribution in [2.75, 3.05) is 13.6 Å². The first-order chi connectivity index (χ1) is 15.9. The number of benzene rings is 2. The zero-order valence-electron chi connectivity index (χ0n) is 19.4. The van der Waals surface area contributed by atoms with E-state index < -0.39 is 28.5 Å². The lowest BCUT2D eigenvalue weighted by molar-refractivity contribution is -0.140. The Labute approximate surface area is 216 Å². The van der Waals surface area contributed by atoms with Crippen LogP contribution in [0.4, 0.5) is 0 Å². The summed E-state index contributed by atoms with van der Waals surface area (Å²) in [4.78, 5) is 27.5. The molecule has 2 aromatic carbocycles. The molecule has 2 rings (SSSR count). The Kier molecular flexibility index (Phi) is 10.2. The van der Waals surface area contributed by atoms with Crippen molar-refractivity contribution < 1.29 is 18.0 Å². The van der Waals surface area contributed by atoms with Crippen LogP contribution in [0.25, 0.3) is 0 Å². The fourth-order valence-corrected chi connectivity index (χ4v) is 4.82. The van der Waals surface area contributed by atoms with E-state index in [2.05, 4.69) is 5.32 Å². The van der Waals surface area contributed by atoms with Crippen molar-refractivity contribution in [3.05, 3.63) is 63.1 Å². The molecule has 11 heteroatoms. The van der Waals surface area contributed by atoms with Gasteiger partial charge in [-0.3, -0.25) is 9.59 Å². The summed E-state index contributed by atoms with van der Waals surface area (Å²) in [5.41, 5.74) is 0.464. The summed E-state index contributed by atoms with van der Waals surface area (Å²) in [7, 11) is -2.67. The van der Waals surface area contributed by atoms with E-state index in [1.807, 2.05) is 13.8 Å². The van der Waals surface area contributed by atoms with Gasteiger partial charge in [-0.1, -0.05) is 47.8 Å². The van der Waals surface area contributed by atoms with Crippen LogP contribution in [0.1, 0.15) is 32.8 Å². The third kappa shape index (κ3) is 7.09. The van der Waals surface area contributed by atoms with Gasteiger partial charge in [0.05, 0.1) is 11.4 Å². The van der Waals surface area contributed by atoms with E-state index in [-0.39, 0.29) is 23.4 Å². The van der Waals surface area contributed by atoms with E-state index in [0.717, 1.165) is 4.31 Å². The maximum absolute atomic E-state index is 13.3. The third-order valence-electron chi connectivity index (χ3n) is 5.44. The van der Waals surface area contributed by atoms with E-state index in [0.29, 0.717) is 27.1 Å². The van der Waals surface area contributed by atoms with E-state index in [1.165, 1.54) is 36.2 Å². The molecule has 0 saturated heterocycles. The van der Waals surface area contributed by atoms with Gasteiger partial charge in [0, 0.05) is 40.3 Å². The van der Waals surface area contributed by atoms with Gasteiger partial charge in [0.2, 0.25) is 21.8 Å². The van der Waals surface area contributed by atoms with Gasteiger partial charge >= 0.3 is 0 Å². The fourth-order valence-electron chi connectivity index (χ4n) is 3.05. The highest BCUT2D eigenvalue weighted by Crippen LogP contribution is 2.27. The second kappa shape index (κ2) is 12.2. The van der Waals surface area contributed by atoms with Gasteiger partial charge < -0.3 is 10.2 Å². The number of nitrogens with one attached hydrogen (secondary N) is 1. The molecule has 0 unspecified atom stereocenters. The van der Waals surface area contributed by atoms with Crippen LogP contribution in [0.5, 0.6) is 0 Å². The average molecular weight is 549 g/mol. The van der Waals surface area contributed by atoms with Gasteiger partial charge in [-0.2, -0.15) is 4.31 Å². The molecule has 0 aliphatic heterocycles. The minimum atomic E-state index is -3.97. The van der Waals surface area contributed by atoms with Gasteiger partial charge in [-0.15, -0.1) is 0 Å². The summed E-state index contributed by atoms with van der Waals surface area (Å²) in [6, 6.07) is 9.58. The van der Waals surface area contributed by atoms with E-state index >= 15 is 0 Å². The van der Waals surface area contributed by atoms with Gasteiger partial charge in [0.25, 0.3) is 0 Å². The Balaban J connectivity index is 2.34. The van der Waals surface area contributed by atoms with Crippen molar-refractivity contribution in [1.82, 2.24) is 14.5 Å². The third-order valence-corrected chi connectivity index (χ3v) is 8.22. The van der Waals surface area contributed by atoms with Crippen LogP contribution >= 0.6 is 34.8 Å². The quantitative estimate of drug-likeness (QED) is 0.470. The normalized spacial score (nSPS) is 13.4. The first-order valence-corrected chi connectivity index (χ1v) is 13.2. The Hall–Kier alpha value is -1.84.